The number of amides is 1. The molecule has 1 amide bonds. The number of aldehydes is 1. The van der Waals surface area contributed by atoms with Crippen LogP contribution in [0.15, 0.2) is 48.7 Å². The van der Waals surface area contributed by atoms with Gasteiger partial charge in [0.2, 0.25) is 5.95 Å². The van der Waals surface area contributed by atoms with Gasteiger partial charge in [-0.3, -0.25) is 10.1 Å². The summed E-state index contributed by atoms with van der Waals surface area (Å²) >= 11 is 5.80. The van der Waals surface area contributed by atoms with Crippen molar-refractivity contribution in [2.24, 2.45) is 0 Å². The molecule has 8 nitrogen and oxygen atoms in total. The molecule has 0 bridgehead atoms. The summed E-state index contributed by atoms with van der Waals surface area (Å²) in [6, 6.07) is 10.9. The maximum atomic E-state index is 13.4. The van der Waals surface area contributed by atoms with Crippen LogP contribution in [0.2, 0.25) is 5.02 Å². The number of halogens is 2. The lowest BCUT2D eigenvalue weighted by molar-refractivity contribution is 0.0636. The van der Waals surface area contributed by atoms with E-state index in [1.54, 1.807) is 45.0 Å². The van der Waals surface area contributed by atoms with Crippen LogP contribution >= 0.6 is 11.6 Å². The maximum Gasteiger partial charge on any atom is 0.412 e. The van der Waals surface area contributed by atoms with Crippen LogP contribution in [0.1, 0.15) is 45.0 Å². The molecular weight excluding hydrogens is 461 g/mol. The minimum atomic E-state index is -0.627. The average Bonchev–Trinajstić information content (AvgIpc) is 2.77. The number of nitrogens with zero attached hydrogens (tertiary/aromatic N) is 2. The predicted octanol–water partition coefficient (Wildman–Crippen LogP) is 6.94. The molecule has 0 fully saturated rings. The van der Waals surface area contributed by atoms with Crippen LogP contribution in [0.25, 0.3) is 0 Å². The number of nitrogens with one attached hydrogen (secondary N) is 3. The first-order chi connectivity index (χ1) is 16.1. The Labute approximate surface area is 202 Å². The van der Waals surface area contributed by atoms with Crippen LogP contribution in [0.3, 0.4) is 0 Å². The van der Waals surface area contributed by atoms with Crippen molar-refractivity contribution < 1.29 is 18.7 Å². The standard InChI is InChI=1S/C22H21ClFN5O3.C2H6/c1-22(2,3)32-21(31)28-15-6-4-5-14(9-15)26-19-13(12-30)11-25-20(29-19)27-16-7-8-18(24)17(23)10-16;1-2/h4-12H,1-3H3,(H,28,31)(H2,25,26,27,29);1-2H3. The largest absolute Gasteiger partial charge is 0.444 e. The van der Waals surface area contributed by atoms with Crippen molar-refractivity contribution in [3.8, 4) is 0 Å². The molecule has 0 aliphatic rings. The molecule has 3 aromatic rings. The number of benzene rings is 2. The van der Waals surface area contributed by atoms with Gasteiger partial charge in [0.05, 0.1) is 10.6 Å². The fourth-order valence-electron chi connectivity index (χ4n) is 2.57. The Morgan fingerprint density at radius 2 is 1.74 bits per heavy atom. The lowest BCUT2D eigenvalue weighted by atomic mass is 10.2. The average molecular weight is 488 g/mol. The van der Waals surface area contributed by atoms with E-state index in [-0.39, 0.29) is 22.4 Å². The van der Waals surface area contributed by atoms with Gasteiger partial charge in [-0.15, -0.1) is 0 Å². The zero-order valence-corrected chi connectivity index (χ0v) is 20.3. The van der Waals surface area contributed by atoms with E-state index in [4.69, 9.17) is 16.3 Å². The van der Waals surface area contributed by atoms with Crippen molar-refractivity contribution in [1.82, 2.24) is 9.97 Å². The SMILES string of the molecule is CC.CC(C)(C)OC(=O)Nc1cccc(Nc2nc(Nc3ccc(F)c(Cl)c3)ncc2C=O)c1. The van der Waals surface area contributed by atoms with E-state index >= 15 is 0 Å². The predicted molar refractivity (Wildman–Crippen MR) is 133 cm³/mol. The monoisotopic (exact) mass is 487 g/mol. The Hall–Kier alpha value is -3.72. The van der Waals surface area contributed by atoms with Crippen LogP contribution in [-0.4, -0.2) is 27.9 Å². The summed E-state index contributed by atoms with van der Waals surface area (Å²) in [5, 5.41) is 8.54. The summed E-state index contributed by atoms with van der Waals surface area (Å²) in [6.45, 7) is 9.31. The lowest BCUT2D eigenvalue weighted by Crippen LogP contribution is -2.27. The third-order valence-electron chi connectivity index (χ3n) is 3.89. The fourth-order valence-corrected chi connectivity index (χ4v) is 2.75. The first-order valence-electron chi connectivity index (χ1n) is 10.5. The van der Waals surface area contributed by atoms with Crippen LogP contribution in [0, 0.1) is 5.82 Å². The normalized spacial score (nSPS) is 10.4. The van der Waals surface area contributed by atoms with Crippen molar-refractivity contribution in [2.75, 3.05) is 16.0 Å². The summed E-state index contributed by atoms with van der Waals surface area (Å²) in [7, 11) is 0. The van der Waals surface area contributed by atoms with E-state index in [0.29, 0.717) is 23.3 Å². The molecular formula is C24H27ClFN5O3. The highest BCUT2D eigenvalue weighted by atomic mass is 35.5. The number of carbonyl (C=O) groups is 2. The zero-order valence-electron chi connectivity index (χ0n) is 19.6. The molecule has 1 heterocycles. The molecule has 2 aromatic carbocycles. The van der Waals surface area contributed by atoms with Gasteiger partial charge >= 0.3 is 6.09 Å². The van der Waals surface area contributed by atoms with Crippen molar-refractivity contribution >= 4 is 52.8 Å². The van der Waals surface area contributed by atoms with E-state index in [1.807, 2.05) is 13.8 Å². The molecule has 34 heavy (non-hydrogen) atoms. The molecule has 3 rings (SSSR count). The summed E-state index contributed by atoms with van der Waals surface area (Å²) in [5.74, 6) is -0.138. The highest BCUT2D eigenvalue weighted by molar-refractivity contribution is 6.31. The van der Waals surface area contributed by atoms with E-state index in [9.17, 15) is 14.0 Å². The van der Waals surface area contributed by atoms with Gasteiger partial charge in [0.1, 0.15) is 17.2 Å². The van der Waals surface area contributed by atoms with Gasteiger partial charge in [0.15, 0.2) is 6.29 Å². The van der Waals surface area contributed by atoms with Gasteiger partial charge in [0.25, 0.3) is 0 Å². The molecule has 1 aromatic heterocycles. The van der Waals surface area contributed by atoms with E-state index in [2.05, 4.69) is 25.9 Å². The fraction of sp³-hybridized carbons (Fsp3) is 0.250. The highest BCUT2D eigenvalue weighted by Crippen LogP contribution is 2.25. The number of anilines is 5. The molecule has 0 aliphatic carbocycles. The van der Waals surface area contributed by atoms with Crippen molar-refractivity contribution in [1.29, 1.82) is 0 Å². The number of carbonyl (C=O) groups excluding carboxylic acids is 2. The second kappa shape index (κ2) is 11.9. The van der Waals surface area contributed by atoms with Gasteiger partial charge in [0, 0.05) is 23.3 Å². The second-order valence-corrected chi connectivity index (χ2v) is 8.11. The van der Waals surface area contributed by atoms with Gasteiger partial charge in [-0.1, -0.05) is 31.5 Å². The summed E-state index contributed by atoms with van der Waals surface area (Å²) in [4.78, 5) is 31.8. The number of hydrogen-bond donors (Lipinski definition) is 3. The van der Waals surface area contributed by atoms with Crippen LogP contribution in [0.4, 0.5) is 38.0 Å². The molecule has 3 N–H and O–H groups in total. The first kappa shape index (κ1) is 26.5. The molecule has 0 radical (unpaired) electrons. The second-order valence-electron chi connectivity index (χ2n) is 7.70. The third-order valence-corrected chi connectivity index (χ3v) is 4.18. The Morgan fingerprint density at radius 3 is 2.38 bits per heavy atom. The van der Waals surface area contributed by atoms with Crippen molar-refractivity contribution in [3.63, 3.8) is 0 Å². The van der Waals surface area contributed by atoms with Gasteiger partial charge in [-0.25, -0.2) is 14.2 Å². The third kappa shape index (κ3) is 8.00. The number of aromatic nitrogens is 2. The van der Waals surface area contributed by atoms with Crippen LogP contribution in [-0.2, 0) is 4.74 Å². The number of ether oxygens (including phenoxy) is 1. The van der Waals surface area contributed by atoms with Gasteiger partial charge in [-0.2, -0.15) is 4.98 Å². The van der Waals surface area contributed by atoms with E-state index in [1.165, 1.54) is 24.4 Å². The molecule has 0 saturated carbocycles. The molecule has 0 unspecified atom stereocenters. The Kier molecular flexibility index (Phi) is 9.32. The lowest BCUT2D eigenvalue weighted by Gasteiger charge is -2.19. The molecule has 10 heteroatoms. The Morgan fingerprint density at radius 1 is 1.06 bits per heavy atom. The Bertz CT molecular complexity index is 1150. The van der Waals surface area contributed by atoms with Crippen molar-refractivity contribution in [2.45, 2.75) is 40.2 Å². The van der Waals surface area contributed by atoms with E-state index < -0.39 is 17.5 Å². The topological polar surface area (TPSA) is 105 Å². The minimum absolute atomic E-state index is 0.0489. The van der Waals surface area contributed by atoms with Crippen molar-refractivity contribution in [3.05, 3.63) is 65.1 Å². The zero-order chi connectivity index (χ0) is 25.3. The maximum absolute atomic E-state index is 13.4. The first-order valence-corrected chi connectivity index (χ1v) is 10.9. The minimum Gasteiger partial charge on any atom is -0.444 e. The van der Waals surface area contributed by atoms with E-state index in [0.717, 1.165) is 0 Å². The summed E-state index contributed by atoms with van der Waals surface area (Å²) < 4.78 is 18.6. The van der Waals surface area contributed by atoms with Gasteiger partial charge < -0.3 is 15.4 Å². The van der Waals surface area contributed by atoms with Crippen LogP contribution in [0.5, 0.6) is 0 Å². The smallest absolute Gasteiger partial charge is 0.412 e. The summed E-state index contributed by atoms with van der Waals surface area (Å²) in [6.07, 6.45) is 1.37. The molecule has 0 atom stereocenters. The summed E-state index contributed by atoms with van der Waals surface area (Å²) in [5.41, 5.74) is 1.13. The quantitative estimate of drug-likeness (QED) is 0.323. The molecule has 0 aliphatic heterocycles. The highest BCUT2D eigenvalue weighted by Gasteiger charge is 2.16. The number of hydrogen-bond acceptors (Lipinski definition) is 7. The van der Waals surface area contributed by atoms with Gasteiger partial charge in [-0.05, 0) is 57.2 Å². The Balaban J connectivity index is 0.00000199. The molecule has 180 valence electrons. The van der Waals surface area contributed by atoms with Crippen LogP contribution < -0.4 is 16.0 Å². The molecule has 0 saturated heterocycles. The molecule has 0 spiro atoms. The number of rotatable bonds is 6.